The standard InChI is InChI=1S/C18H23NO3/c1-6-12-14-16(20)15(17(21)18(14)22-19(12)5)13-10(3)7-9(2)8-11(13)4/h7-8,12,14-15,18H,6H2,1-5H3/t12?,14-,15?,18-/m1/s1. The molecule has 1 aromatic carbocycles. The Bertz CT molecular complexity index is 629. The quantitative estimate of drug-likeness (QED) is 0.787. The van der Waals surface area contributed by atoms with Crippen LogP contribution in [-0.4, -0.2) is 35.8 Å². The number of carbonyl (C=O) groups is 2. The van der Waals surface area contributed by atoms with Gasteiger partial charge in [0.2, 0.25) is 0 Å². The number of nitrogens with zero attached hydrogens (tertiary/aromatic N) is 1. The molecule has 1 saturated carbocycles. The van der Waals surface area contributed by atoms with E-state index in [1.165, 1.54) is 0 Å². The van der Waals surface area contributed by atoms with Gasteiger partial charge in [-0.25, -0.2) is 0 Å². The monoisotopic (exact) mass is 301 g/mol. The van der Waals surface area contributed by atoms with Gasteiger partial charge < -0.3 is 0 Å². The minimum Gasteiger partial charge on any atom is -0.298 e. The zero-order valence-corrected chi connectivity index (χ0v) is 13.8. The van der Waals surface area contributed by atoms with Gasteiger partial charge in [-0.2, -0.15) is 5.06 Å². The topological polar surface area (TPSA) is 46.6 Å². The number of carbonyl (C=O) groups excluding carboxylic acids is 2. The van der Waals surface area contributed by atoms with Crippen molar-refractivity contribution >= 4 is 11.6 Å². The molecule has 1 aliphatic carbocycles. The molecule has 0 N–H and O–H groups in total. The highest BCUT2D eigenvalue weighted by Gasteiger charge is 2.59. The van der Waals surface area contributed by atoms with Crippen molar-refractivity contribution in [3.05, 3.63) is 34.4 Å². The highest BCUT2D eigenvalue weighted by atomic mass is 16.7. The van der Waals surface area contributed by atoms with E-state index in [9.17, 15) is 9.59 Å². The van der Waals surface area contributed by atoms with Crippen molar-refractivity contribution in [2.45, 2.75) is 52.2 Å². The Morgan fingerprint density at radius 3 is 2.23 bits per heavy atom. The molecule has 4 atom stereocenters. The lowest BCUT2D eigenvalue weighted by Crippen LogP contribution is -2.33. The molecule has 22 heavy (non-hydrogen) atoms. The van der Waals surface area contributed by atoms with Crippen LogP contribution in [0.4, 0.5) is 0 Å². The number of rotatable bonds is 2. The second-order valence-electron chi connectivity index (χ2n) is 6.62. The van der Waals surface area contributed by atoms with Gasteiger partial charge >= 0.3 is 0 Å². The van der Waals surface area contributed by atoms with E-state index in [0.717, 1.165) is 28.7 Å². The molecule has 1 heterocycles. The molecule has 0 amide bonds. The average Bonchev–Trinajstić information content (AvgIpc) is 2.87. The highest BCUT2D eigenvalue weighted by molar-refractivity contribution is 6.18. The zero-order valence-electron chi connectivity index (χ0n) is 13.8. The van der Waals surface area contributed by atoms with E-state index < -0.39 is 12.0 Å². The number of ketones is 2. The predicted molar refractivity (Wildman–Crippen MR) is 83.6 cm³/mol. The number of Topliss-reactive ketones (excluding diaryl/α,β-unsaturated/α-hetero) is 2. The van der Waals surface area contributed by atoms with Crippen molar-refractivity contribution < 1.29 is 14.4 Å². The molecule has 0 spiro atoms. The Morgan fingerprint density at radius 1 is 1.09 bits per heavy atom. The molecular formula is C18H23NO3. The molecule has 1 saturated heterocycles. The van der Waals surface area contributed by atoms with Gasteiger partial charge in [-0.05, 0) is 43.9 Å². The SMILES string of the molecule is CCC1[C@@H]2C(=O)C(c3c(C)cc(C)cc3C)C(=O)[C@@H]2ON1C. The fraction of sp³-hybridized carbons (Fsp3) is 0.556. The summed E-state index contributed by atoms with van der Waals surface area (Å²) < 4.78 is 0. The summed E-state index contributed by atoms with van der Waals surface area (Å²) in [7, 11) is 1.81. The summed E-state index contributed by atoms with van der Waals surface area (Å²) in [4.78, 5) is 31.5. The van der Waals surface area contributed by atoms with E-state index in [-0.39, 0.29) is 23.5 Å². The Labute approximate surface area is 131 Å². The lowest BCUT2D eigenvalue weighted by Gasteiger charge is -2.22. The fourth-order valence-electron chi connectivity index (χ4n) is 4.26. The van der Waals surface area contributed by atoms with E-state index >= 15 is 0 Å². The smallest absolute Gasteiger partial charge is 0.179 e. The molecule has 4 heteroatoms. The van der Waals surface area contributed by atoms with Crippen molar-refractivity contribution in [1.82, 2.24) is 5.06 Å². The first kappa shape index (κ1) is 15.4. The highest BCUT2D eigenvalue weighted by Crippen LogP contribution is 2.44. The van der Waals surface area contributed by atoms with Crippen molar-refractivity contribution in [1.29, 1.82) is 0 Å². The summed E-state index contributed by atoms with van der Waals surface area (Å²) in [5.74, 6) is -1.03. The van der Waals surface area contributed by atoms with Gasteiger partial charge in [0.25, 0.3) is 0 Å². The van der Waals surface area contributed by atoms with Crippen LogP contribution < -0.4 is 0 Å². The molecule has 2 aliphatic rings. The molecule has 0 bridgehead atoms. The summed E-state index contributed by atoms with van der Waals surface area (Å²) in [5.41, 5.74) is 4.08. The first-order chi connectivity index (χ1) is 10.4. The zero-order chi connectivity index (χ0) is 16.2. The van der Waals surface area contributed by atoms with Crippen LogP contribution in [0.3, 0.4) is 0 Å². The van der Waals surface area contributed by atoms with Crippen LogP contribution in [0.25, 0.3) is 0 Å². The van der Waals surface area contributed by atoms with E-state index in [1.54, 1.807) is 5.06 Å². The van der Waals surface area contributed by atoms with Gasteiger partial charge in [-0.3, -0.25) is 14.4 Å². The van der Waals surface area contributed by atoms with Crippen LogP contribution in [0, 0.1) is 26.7 Å². The van der Waals surface area contributed by atoms with Gasteiger partial charge in [-0.1, -0.05) is 24.6 Å². The number of benzene rings is 1. The predicted octanol–water partition coefficient (Wildman–Crippen LogP) is 2.49. The minimum absolute atomic E-state index is 0.00230. The summed E-state index contributed by atoms with van der Waals surface area (Å²) in [6, 6.07) is 4.08. The second kappa shape index (κ2) is 5.28. The third kappa shape index (κ3) is 2.05. The third-order valence-electron chi connectivity index (χ3n) is 5.11. The van der Waals surface area contributed by atoms with Crippen molar-refractivity contribution in [2.24, 2.45) is 5.92 Å². The number of hydrogen-bond acceptors (Lipinski definition) is 4. The van der Waals surface area contributed by atoms with E-state index in [0.29, 0.717) is 0 Å². The number of hydroxylamine groups is 2. The van der Waals surface area contributed by atoms with E-state index in [4.69, 9.17) is 4.84 Å². The lowest BCUT2D eigenvalue weighted by atomic mass is 9.85. The van der Waals surface area contributed by atoms with E-state index in [1.807, 2.05) is 46.9 Å². The molecule has 118 valence electrons. The normalized spacial score (nSPS) is 31.9. The maximum atomic E-state index is 13.0. The molecule has 0 aromatic heterocycles. The van der Waals surface area contributed by atoms with Crippen LogP contribution in [0.2, 0.25) is 0 Å². The summed E-state index contributed by atoms with van der Waals surface area (Å²) in [6.07, 6.45) is 0.197. The van der Waals surface area contributed by atoms with E-state index in [2.05, 4.69) is 0 Å². The maximum absolute atomic E-state index is 13.0. The summed E-state index contributed by atoms with van der Waals surface area (Å²) >= 11 is 0. The Balaban J connectivity index is 2.05. The number of aryl methyl sites for hydroxylation is 3. The average molecular weight is 301 g/mol. The van der Waals surface area contributed by atoms with Gasteiger partial charge in [0.05, 0.1) is 5.92 Å². The number of fused-ring (bicyclic) bond motifs is 1. The number of hydrogen-bond donors (Lipinski definition) is 0. The fourth-order valence-corrected chi connectivity index (χ4v) is 4.26. The molecule has 0 radical (unpaired) electrons. The van der Waals surface area contributed by atoms with Crippen LogP contribution in [-0.2, 0) is 14.4 Å². The van der Waals surface area contributed by atoms with Gasteiger partial charge in [0, 0.05) is 13.1 Å². The molecular weight excluding hydrogens is 278 g/mol. The van der Waals surface area contributed by atoms with Gasteiger partial charge in [-0.15, -0.1) is 0 Å². The van der Waals surface area contributed by atoms with Crippen molar-refractivity contribution in [3.63, 3.8) is 0 Å². The van der Waals surface area contributed by atoms with Gasteiger partial charge in [0.1, 0.15) is 12.0 Å². The first-order valence-corrected chi connectivity index (χ1v) is 7.91. The lowest BCUT2D eigenvalue weighted by molar-refractivity contribution is -0.161. The van der Waals surface area contributed by atoms with Crippen LogP contribution in [0.1, 0.15) is 41.5 Å². The minimum atomic E-state index is -0.654. The summed E-state index contributed by atoms with van der Waals surface area (Å²) in [6.45, 7) is 8.02. The first-order valence-electron chi connectivity index (χ1n) is 7.91. The second-order valence-corrected chi connectivity index (χ2v) is 6.62. The maximum Gasteiger partial charge on any atom is 0.179 e. The molecule has 4 nitrogen and oxygen atoms in total. The van der Waals surface area contributed by atoms with Gasteiger partial charge in [0.15, 0.2) is 11.6 Å². The van der Waals surface area contributed by atoms with Crippen molar-refractivity contribution in [2.75, 3.05) is 7.05 Å². The molecule has 1 aromatic rings. The Kier molecular flexibility index (Phi) is 3.69. The largest absolute Gasteiger partial charge is 0.298 e. The molecule has 1 aliphatic heterocycles. The van der Waals surface area contributed by atoms with Crippen molar-refractivity contribution in [3.8, 4) is 0 Å². The Hall–Kier alpha value is -1.52. The molecule has 2 unspecified atom stereocenters. The summed E-state index contributed by atoms with van der Waals surface area (Å²) in [5, 5.41) is 1.69. The van der Waals surface area contributed by atoms with Crippen LogP contribution in [0.5, 0.6) is 0 Å². The van der Waals surface area contributed by atoms with Crippen LogP contribution >= 0.6 is 0 Å². The third-order valence-corrected chi connectivity index (χ3v) is 5.11. The Morgan fingerprint density at radius 2 is 1.68 bits per heavy atom. The van der Waals surface area contributed by atoms with Crippen LogP contribution in [0.15, 0.2) is 12.1 Å². The molecule has 3 rings (SSSR count). The molecule has 2 fully saturated rings.